The maximum absolute atomic E-state index is 3.89. The number of aromatic nitrogens is 1. The van der Waals surface area contributed by atoms with Crippen LogP contribution >= 0.6 is 15.9 Å². The Morgan fingerprint density at radius 3 is 2.30 bits per heavy atom. The lowest BCUT2D eigenvalue weighted by Crippen LogP contribution is -1.94. The van der Waals surface area contributed by atoms with Gasteiger partial charge in [0.1, 0.15) is 0 Å². The molecular weight excluding hydrogens is 394 g/mol. The van der Waals surface area contributed by atoms with Gasteiger partial charge < -0.3 is 4.57 Å². The van der Waals surface area contributed by atoms with Crippen LogP contribution in [0.2, 0.25) is 0 Å². The van der Waals surface area contributed by atoms with Crippen LogP contribution < -0.4 is 0 Å². The fourth-order valence-corrected chi connectivity index (χ4v) is 3.94. The largest absolute Gasteiger partial charge is 0.309 e. The van der Waals surface area contributed by atoms with Gasteiger partial charge in [-0.15, -0.1) is 0 Å². The lowest BCUT2D eigenvalue weighted by molar-refractivity contribution is 1.24. The number of nitrogens with zero attached hydrogens (tertiary/aromatic N) is 1. The van der Waals surface area contributed by atoms with Crippen molar-refractivity contribution in [2.75, 3.05) is 0 Å². The molecule has 4 rings (SSSR count). The molecule has 0 aliphatic carbocycles. The normalized spacial score (nSPS) is 12.3. The van der Waals surface area contributed by atoms with Crippen LogP contribution in [-0.4, -0.2) is 4.57 Å². The quantitative estimate of drug-likeness (QED) is 0.300. The Morgan fingerprint density at radius 1 is 0.889 bits per heavy atom. The minimum Gasteiger partial charge on any atom is -0.309 e. The van der Waals surface area contributed by atoms with E-state index in [0.717, 1.165) is 10.2 Å². The minimum atomic E-state index is 1.08. The van der Waals surface area contributed by atoms with E-state index in [1.165, 1.54) is 32.9 Å². The number of hydrogen-bond donors (Lipinski definition) is 0. The van der Waals surface area contributed by atoms with E-state index in [1.807, 2.05) is 19.1 Å². The van der Waals surface area contributed by atoms with Gasteiger partial charge in [0.15, 0.2) is 0 Å². The highest BCUT2D eigenvalue weighted by Crippen LogP contribution is 2.36. The Hall–Kier alpha value is -2.84. The van der Waals surface area contributed by atoms with Gasteiger partial charge in [-0.3, -0.25) is 0 Å². The predicted molar refractivity (Wildman–Crippen MR) is 122 cm³/mol. The average Bonchev–Trinajstić information content (AvgIpc) is 3.01. The van der Waals surface area contributed by atoms with Crippen molar-refractivity contribution in [2.24, 2.45) is 0 Å². The lowest BCUT2D eigenvalue weighted by Gasteiger charge is -2.09. The molecule has 1 aromatic heterocycles. The van der Waals surface area contributed by atoms with E-state index >= 15 is 0 Å². The van der Waals surface area contributed by atoms with Gasteiger partial charge in [0.25, 0.3) is 0 Å². The molecule has 0 unspecified atom stereocenters. The first-order valence-electron chi connectivity index (χ1n) is 8.98. The van der Waals surface area contributed by atoms with Crippen molar-refractivity contribution in [1.29, 1.82) is 0 Å². The standard InChI is InChI=1S/C25H20BrN/c1-3-8-21(9-4-2)27-24-14-12-19(18-10-6-5-7-11-18)16-22(24)23-17-20(26)13-15-25(23)27/h3-17H,1H2,2H3/b9-4-,21-8+. The molecule has 0 aliphatic rings. The topological polar surface area (TPSA) is 4.93 Å². The summed E-state index contributed by atoms with van der Waals surface area (Å²) in [5, 5.41) is 2.48. The summed E-state index contributed by atoms with van der Waals surface area (Å²) < 4.78 is 3.38. The molecule has 1 nitrogen and oxygen atoms in total. The van der Waals surface area contributed by atoms with Crippen molar-refractivity contribution in [3.8, 4) is 11.1 Å². The van der Waals surface area contributed by atoms with Gasteiger partial charge in [0.05, 0.1) is 11.0 Å². The highest BCUT2D eigenvalue weighted by Gasteiger charge is 2.13. The molecule has 2 heteroatoms. The zero-order valence-corrected chi connectivity index (χ0v) is 16.8. The Balaban J connectivity index is 2.09. The molecule has 27 heavy (non-hydrogen) atoms. The first-order chi connectivity index (χ1) is 13.2. The van der Waals surface area contributed by atoms with Gasteiger partial charge >= 0.3 is 0 Å². The van der Waals surface area contributed by atoms with Crippen LogP contribution in [-0.2, 0) is 0 Å². The zero-order valence-electron chi connectivity index (χ0n) is 15.2. The van der Waals surface area contributed by atoms with Gasteiger partial charge in [-0.05, 0) is 60.5 Å². The van der Waals surface area contributed by atoms with Gasteiger partial charge in [0, 0.05) is 20.9 Å². The zero-order chi connectivity index (χ0) is 18.8. The highest BCUT2D eigenvalue weighted by atomic mass is 79.9. The Bertz CT molecular complexity index is 1190. The molecule has 0 saturated carbocycles. The van der Waals surface area contributed by atoms with Crippen LogP contribution in [0.4, 0.5) is 0 Å². The monoisotopic (exact) mass is 413 g/mol. The van der Waals surface area contributed by atoms with Crippen molar-refractivity contribution in [3.63, 3.8) is 0 Å². The number of benzene rings is 3. The third-order valence-corrected chi connectivity index (χ3v) is 5.21. The second kappa shape index (κ2) is 7.42. The van der Waals surface area contributed by atoms with E-state index in [1.54, 1.807) is 0 Å². The van der Waals surface area contributed by atoms with Crippen LogP contribution in [0.25, 0.3) is 38.6 Å². The van der Waals surface area contributed by atoms with E-state index in [9.17, 15) is 0 Å². The van der Waals surface area contributed by atoms with E-state index in [-0.39, 0.29) is 0 Å². The number of fused-ring (bicyclic) bond motifs is 3. The SMILES string of the molecule is C=C/C=C(\C=C/C)n1c2ccc(Br)cc2c2cc(-c3ccccc3)ccc21. The molecule has 0 N–H and O–H groups in total. The van der Waals surface area contributed by atoms with Crippen molar-refractivity contribution in [3.05, 3.63) is 102 Å². The molecule has 4 aromatic rings. The van der Waals surface area contributed by atoms with Crippen LogP contribution in [0.1, 0.15) is 6.92 Å². The Kier molecular flexibility index (Phi) is 4.83. The third kappa shape index (κ3) is 3.17. The van der Waals surface area contributed by atoms with E-state index in [0.29, 0.717) is 0 Å². The van der Waals surface area contributed by atoms with Crippen molar-refractivity contribution in [2.45, 2.75) is 6.92 Å². The summed E-state index contributed by atoms with van der Waals surface area (Å²) in [5.41, 5.74) is 5.92. The molecule has 0 saturated heterocycles. The second-order valence-electron chi connectivity index (χ2n) is 6.42. The Labute approximate surface area is 168 Å². The van der Waals surface area contributed by atoms with Crippen molar-refractivity contribution < 1.29 is 0 Å². The van der Waals surface area contributed by atoms with Crippen molar-refractivity contribution in [1.82, 2.24) is 4.57 Å². The number of allylic oxidation sites excluding steroid dienone is 5. The van der Waals surface area contributed by atoms with Crippen LogP contribution in [0.15, 0.2) is 102 Å². The summed E-state index contributed by atoms with van der Waals surface area (Å²) in [6.07, 6.45) is 8.06. The molecule has 0 atom stereocenters. The summed E-state index contributed by atoms with van der Waals surface area (Å²) in [6.45, 7) is 5.93. The van der Waals surface area contributed by atoms with E-state index in [4.69, 9.17) is 0 Å². The molecule has 1 heterocycles. The molecule has 0 fully saturated rings. The molecule has 0 radical (unpaired) electrons. The molecule has 0 bridgehead atoms. The summed E-state index contributed by atoms with van der Waals surface area (Å²) >= 11 is 3.64. The van der Waals surface area contributed by atoms with Crippen LogP contribution in [0.3, 0.4) is 0 Å². The smallest absolute Gasteiger partial charge is 0.0541 e. The predicted octanol–water partition coefficient (Wildman–Crippen LogP) is 7.83. The molecule has 0 amide bonds. The van der Waals surface area contributed by atoms with E-state index < -0.39 is 0 Å². The molecule has 0 spiro atoms. The van der Waals surface area contributed by atoms with Gasteiger partial charge in [-0.1, -0.05) is 71.1 Å². The van der Waals surface area contributed by atoms with Crippen molar-refractivity contribution >= 4 is 43.4 Å². The van der Waals surface area contributed by atoms with Gasteiger partial charge in [0.2, 0.25) is 0 Å². The molecular formula is C25H20BrN. The number of rotatable bonds is 4. The first-order valence-corrected chi connectivity index (χ1v) is 9.77. The molecule has 3 aromatic carbocycles. The highest BCUT2D eigenvalue weighted by molar-refractivity contribution is 9.10. The fraction of sp³-hybridized carbons (Fsp3) is 0.0400. The summed E-state index contributed by atoms with van der Waals surface area (Å²) in [5.74, 6) is 0. The molecule has 0 aliphatic heterocycles. The molecule has 132 valence electrons. The first kappa shape index (κ1) is 17.6. The summed E-state index contributed by atoms with van der Waals surface area (Å²) in [4.78, 5) is 0. The van der Waals surface area contributed by atoms with Gasteiger partial charge in [-0.2, -0.15) is 0 Å². The maximum Gasteiger partial charge on any atom is 0.0541 e. The van der Waals surface area contributed by atoms with E-state index in [2.05, 4.69) is 106 Å². The maximum atomic E-state index is 3.89. The van der Waals surface area contributed by atoms with Crippen LogP contribution in [0, 0.1) is 0 Å². The average molecular weight is 414 g/mol. The summed E-state index contributed by atoms with van der Waals surface area (Å²) in [7, 11) is 0. The summed E-state index contributed by atoms with van der Waals surface area (Å²) in [6, 6.07) is 23.7. The fourth-order valence-electron chi connectivity index (χ4n) is 3.58. The van der Waals surface area contributed by atoms with Gasteiger partial charge in [-0.25, -0.2) is 0 Å². The third-order valence-electron chi connectivity index (χ3n) is 4.72. The Morgan fingerprint density at radius 2 is 1.59 bits per heavy atom. The second-order valence-corrected chi connectivity index (χ2v) is 7.34. The lowest BCUT2D eigenvalue weighted by atomic mass is 10.0. The number of hydrogen-bond acceptors (Lipinski definition) is 0. The number of halogens is 1. The van der Waals surface area contributed by atoms with Crippen LogP contribution in [0.5, 0.6) is 0 Å². The minimum absolute atomic E-state index is 1.08.